The summed E-state index contributed by atoms with van der Waals surface area (Å²) in [6.07, 6.45) is 1.56. The van der Waals surface area contributed by atoms with Crippen LogP contribution in [0.2, 0.25) is 0 Å². The van der Waals surface area contributed by atoms with Gasteiger partial charge in [0.1, 0.15) is 11.9 Å². The third-order valence-corrected chi connectivity index (χ3v) is 7.34. The lowest BCUT2D eigenvalue weighted by Crippen LogP contribution is -2.42. The number of nitrogens with one attached hydrogen (secondary N) is 2. The van der Waals surface area contributed by atoms with Crippen LogP contribution < -0.4 is 10.6 Å². The second-order valence-corrected chi connectivity index (χ2v) is 10.2. The molecule has 4 rings (SSSR count). The lowest BCUT2D eigenvalue weighted by Gasteiger charge is -2.31. The summed E-state index contributed by atoms with van der Waals surface area (Å²) < 4.78 is 49.1. The van der Waals surface area contributed by atoms with E-state index in [1.807, 2.05) is 0 Å². The van der Waals surface area contributed by atoms with Crippen LogP contribution in [0.15, 0.2) is 46.0 Å². The highest BCUT2D eigenvalue weighted by molar-refractivity contribution is 7.11. The number of rotatable bonds is 9. The van der Waals surface area contributed by atoms with Gasteiger partial charge in [0.15, 0.2) is 10.8 Å². The topological polar surface area (TPSA) is 95.9 Å². The van der Waals surface area contributed by atoms with Crippen molar-refractivity contribution in [3.8, 4) is 0 Å². The van der Waals surface area contributed by atoms with E-state index < -0.39 is 36.3 Å². The Morgan fingerprint density at radius 2 is 2.13 bits per heavy atom. The van der Waals surface area contributed by atoms with Crippen LogP contribution in [0.3, 0.4) is 0 Å². The number of likely N-dealkylation sites (tertiary alicyclic amines) is 1. The van der Waals surface area contributed by atoms with E-state index in [2.05, 4.69) is 15.6 Å². The van der Waals surface area contributed by atoms with Gasteiger partial charge < -0.3 is 15.4 Å². The maximum Gasteiger partial charge on any atom is 0.338 e. The number of carbonyl (C=O) groups excluding carboxylic acids is 2. The zero-order valence-electron chi connectivity index (χ0n) is 21.4. The Morgan fingerprint density at radius 1 is 1.34 bits per heavy atom. The number of thiazole rings is 1. The van der Waals surface area contributed by atoms with Gasteiger partial charge in [0, 0.05) is 49.7 Å². The molecule has 1 aromatic carbocycles. The lowest BCUT2D eigenvalue weighted by atomic mass is 9.92. The number of nitrogens with zero attached hydrogens (tertiary/aromatic N) is 3. The average molecular weight is 550 g/mol. The molecule has 0 spiro atoms. The molecule has 2 atom stereocenters. The van der Waals surface area contributed by atoms with Crippen molar-refractivity contribution in [2.45, 2.75) is 51.6 Å². The minimum Gasteiger partial charge on any atom is -0.463 e. The number of alkyl halides is 2. The Bertz CT molecular complexity index is 1250. The summed E-state index contributed by atoms with van der Waals surface area (Å²) in [5.41, 5.74) is 1.27. The van der Waals surface area contributed by atoms with E-state index in [1.54, 1.807) is 42.5 Å². The molecule has 1 saturated heterocycles. The maximum atomic E-state index is 14.6. The van der Waals surface area contributed by atoms with Crippen LogP contribution in [0.5, 0.6) is 0 Å². The number of benzene rings is 1. The predicted molar refractivity (Wildman–Crippen MR) is 138 cm³/mol. The van der Waals surface area contributed by atoms with Crippen LogP contribution in [0.25, 0.3) is 0 Å². The van der Waals surface area contributed by atoms with Gasteiger partial charge >= 0.3 is 5.97 Å². The Labute approximate surface area is 223 Å². The molecule has 2 aliphatic heterocycles. The molecule has 0 bridgehead atoms. The molecule has 3 heterocycles. The molecule has 0 aliphatic carbocycles. The monoisotopic (exact) mass is 549 g/mol. The Balaban J connectivity index is 1.77. The van der Waals surface area contributed by atoms with Crippen molar-refractivity contribution in [3.63, 3.8) is 0 Å². The van der Waals surface area contributed by atoms with Crippen molar-refractivity contribution < 1.29 is 27.5 Å². The molecule has 2 aromatic rings. The number of carbonyl (C=O) groups is 2. The largest absolute Gasteiger partial charge is 0.463 e. The highest BCUT2D eigenvalue weighted by Gasteiger charge is 2.45. The number of hydrogen-bond acceptors (Lipinski definition) is 8. The number of halogens is 3. The average Bonchev–Trinajstić information content (AvgIpc) is 3.48. The molecule has 0 radical (unpaired) electrons. The highest BCUT2D eigenvalue weighted by atomic mass is 32.1. The number of aliphatic imine (C=N–C) groups is 1. The number of aromatic nitrogens is 1. The first-order chi connectivity index (χ1) is 18.1. The van der Waals surface area contributed by atoms with Crippen LogP contribution in [0.4, 0.5) is 13.2 Å². The molecule has 2 aliphatic rings. The van der Waals surface area contributed by atoms with Gasteiger partial charge in [-0.1, -0.05) is 12.1 Å². The minimum atomic E-state index is -2.93. The van der Waals surface area contributed by atoms with Gasteiger partial charge in [-0.05, 0) is 37.5 Å². The predicted octanol–water partition coefficient (Wildman–Crippen LogP) is 3.73. The molecule has 1 amide bonds. The summed E-state index contributed by atoms with van der Waals surface area (Å²) >= 11 is 1.32. The van der Waals surface area contributed by atoms with E-state index in [0.29, 0.717) is 34.1 Å². The fourth-order valence-electron chi connectivity index (χ4n) is 4.82. The first-order valence-electron chi connectivity index (χ1n) is 12.4. The van der Waals surface area contributed by atoms with Crippen LogP contribution in [0, 0.1) is 12.7 Å². The minimum absolute atomic E-state index is 0.0241. The van der Waals surface area contributed by atoms with Crippen LogP contribution in [-0.4, -0.2) is 65.8 Å². The molecule has 1 aromatic heterocycles. The van der Waals surface area contributed by atoms with Gasteiger partial charge in [0.2, 0.25) is 5.91 Å². The Morgan fingerprint density at radius 3 is 2.82 bits per heavy atom. The first-order valence-corrected chi connectivity index (χ1v) is 13.2. The van der Waals surface area contributed by atoms with E-state index in [-0.39, 0.29) is 37.6 Å². The summed E-state index contributed by atoms with van der Waals surface area (Å²) in [6.45, 7) is 4.45. The lowest BCUT2D eigenvalue weighted by molar-refractivity contribution is -0.139. The standard InChI is InChI=1S/C26H30F3N5O3S/c1-4-37-25(36)21-20(13-34-14-26(28,29)12-17(34)8-9-30-16(3)35)32-23(24-31-10-11-38-24)33-22(21)18-6-5-7-19(27)15(18)2/h5-7,10-11,17,22H,4,8-9,12-14H2,1-3H3,(H,30,35)(H,32,33)/t17-,22-/m0/s1. The zero-order chi connectivity index (χ0) is 27.4. The van der Waals surface area contributed by atoms with Crippen molar-refractivity contribution in [3.05, 3.63) is 63.0 Å². The summed E-state index contributed by atoms with van der Waals surface area (Å²) in [4.78, 5) is 35.3. The SMILES string of the molecule is CCOC(=O)C1=C(CN2CC(F)(F)C[C@@H]2CCNC(C)=O)NC(c2nccs2)=N[C@H]1c1cccc(F)c1C. The molecule has 38 heavy (non-hydrogen) atoms. The van der Waals surface area contributed by atoms with Crippen molar-refractivity contribution >= 4 is 29.0 Å². The Kier molecular flexibility index (Phi) is 8.51. The smallest absolute Gasteiger partial charge is 0.338 e. The highest BCUT2D eigenvalue weighted by Crippen LogP contribution is 2.38. The van der Waals surface area contributed by atoms with Gasteiger partial charge in [-0.25, -0.2) is 22.9 Å². The molecule has 8 nitrogen and oxygen atoms in total. The van der Waals surface area contributed by atoms with E-state index in [9.17, 15) is 22.8 Å². The van der Waals surface area contributed by atoms with Gasteiger partial charge in [0.25, 0.3) is 5.92 Å². The number of amides is 1. The fourth-order valence-corrected chi connectivity index (χ4v) is 5.40. The molecule has 204 valence electrons. The third kappa shape index (κ3) is 6.24. The van der Waals surface area contributed by atoms with Gasteiger partial charge in [-0.2, -0.15) is 0 Å². The van der Waals surface area contributed by atoms with Crippen LogP contribution in [-0.2, 0) is 14.3 Å². The molecule has 2 N–H and O–H groups in total. The van der Waals surface area contributed by atoms with Crippen LogP contribution >= 0.6 is 11.3 Å². The number of amidine groups is 1. The number of esters is 1. The van der Waals surface area contributed by atoms with E-state index in [0.717, 1.165) is 0 Å². The number of ether oxygens (including phenoxy) is 1. The maximum absolute atomic E-state index is 14.6. The van der Waals surface area contributed by atoms with E-state index in [4.69, 9.17) is 9.73 Å². The number of hydrogen-bond donors (Lipinski definition) is 2. The molecule has 1 fully saturated rings. The van der Waals surface area contributed by atoms with Crippen LogP contribution in [0.1, 0.15) is 48.9 Å². The van der Waals surface area contributed by atoms with Crippen molar-refractivity contribution in [1.82, 2.24) is 20.5 Å². The second-order valence-electron chi connectivity index (χ2n) is 9.30. The molecule has 0 unspecified atom stereocenters. The molecular weight excluding hydrogens is 519 g/mol. The van der Waals surface area contributed by atoms with Crippen molar-refractivity contribution in [2.75, 3.05) is 26.2 Å². The van der Waals surface area contributed by atoms with Crippen molar-refractivity contribution in [2.24, 2.45) is 4.99 Å². The summed E-state index contributed by atoms with van der Waals surface area (Å²) in [7, 11) is 0. The first kappa shape index (κ1) is 27.8. The second kappa shape index (κ2) is 11.6. The third-order valence-electron chi connectivity index (χ3n) is 6.56. The quantitative estimate of drug-likeness (QED) is 0.463. The molecule has 12 heteroatoms. The summed E-state index contributed by atoms with van der Waals surface area (Å²) in [5.74, 6) is -3.91. The fraction of sp³-hybridized carbons (Fsp3) is 0.462. The summed E-state index contributed by atoms with van der Waals surface area (Å²) in [5, 5.41) is 8.12. The van der Waals surface area contributed by atoms with Gasteiger partial charge in [-0.3, -0.25) is 14.7 Å². The normalized spacial score (nSPS) is 21.2. The Hall–Kier alpha value is -3.25. The van der Waals surface area contributed by atoms with Gasteiger partial charge in [-0.15, -0.1) is 11.3 Å². The van der Waals surface area contributed by atoms with Gasteiger partial charge in [0.05, 0.1) is 18.7 Å². The summed E-state index contributed by atoms with van der Waals surface area (Å²) in [6, 6.07) is 3.09. The van der Waals surface area contributed by atoms with Crippen molar-refractivity contribution in [1.29, 1.82) is 0 Å². The molecule has 0 saturated carbocycles. The van der Waals surface area contributed by atoms with E-state index >= 15 is 0 Å². The van der Waals surface area contributed by atoms with E-state index in [1.165, 1.54) is 24.3 Å². The molecular formula is C26H30F3N5O3S. The zero-order valence-corrected chi connectivity index (χ0v) is 22.2.